The number of nitrogens with zero attached hydrogens (tertiary/aromatic N) is 3. The summed E-state index contributed by atoms with van der Waals surface area (Å²) in [4.78, 5) is 16.6. The van der Waals surface area contributed by atoms with Gasteiger partial charge < -0.3 is 4.90 Å². The van der Waals surface area contributed by atoms with Gasteiger partial charge in [0.25, 0.3) is 0 Å². The molecule has 0 N–H and O–H groups in total. The molecule has 4 nitrogen and oxygen atoms in total. The molecule has 0 radical (unpaired) electrons. The maximum Gasteiger partial charge on any atom is 0.108 e. The zero-order valence-electron chi connectivity index (χ0n) is 7.76. The largest absolute Gasteiger partial charge is 0.364 e. The first-order valence-electron chi connectivity index (χ1n) is 4.57. The lowest BCUT2D eigenvalue weighted by molar-refractivity contribution is 0.832. The Balaban J connectivity index is 2.15. The minimum absolute atomic E-state index is 0.472. The van der Waals surface area contributed by atoms with Gasteiger partial charge in [-0.15, -0.1) is 4.91 Å². The minimum atomic E-state index is 0.472. The first kappa shape index (κ1) is 8.87. The third kappa shape index (κ3) is 1.79. The highest BCUT2D eigenvalue weighted by Gasteiger charge is 2.07. The summed E-state index contributed by atoms with van der Waals surface area (Å²) in [6.07, 6.45) is 1.91. The van der Waals surface area contributed by atoms with E-state index in [1.54, 1.807) is 12.1 Å². The Bertz CT molecular complexity index is 345. The lowest BCUT2D eigenvalue weighted by atomic mass is 10.2. The van der Waals surface area contributed by atoms with Gasteiger partial charge in [0.05, 0.1) is 13.1 Å². The quantitative estimate of drug-likeness (QED) is 0.668. The van der Waals surface area contributed by atoms with Crippen molar-refractivity contribution in [3.63, 3.8) is 0 Å². The monoisotopic (exact) mass is 189 g/mol. The molecule has 1 aromatic carbocycles. The molecule has 0 bridgehead atoms. The summed E-state index contributed by atoms with van der Waals surface area (Å²) in [6.45, 7) is 2.62. The predicted octanol–water partition coefficient (Wildman–Crippen LogP) is 1.98. The van der Waals surface area contributed by atoms with Crippen LogP contribution in [0, 0.1) is 4.91 Å². The maximum atomic E-state index is 10.2. The van der Waals surface area contributed by atoms with E-state index < -0.39 is 0 Å². The van der Waals surface area contributed by atoms with Crippen LogP contribution in [0.4, 0.5) is 11.4 Å². The van der Waals surface area contributed by atoms with E-state index in [1.807, 2.05) is 18.3 Å². The number of hydrogen-bond acceptors (Lipinski definition) is 4. The Labute approximate surface area is 82.2 Å². The number of aliphatic imine (C=N–C) groups is 1. The molecule has 0 amide bonds. The van der Waals surface area contributed by atoms with Crippen LogP contribution < -0.4 is 4.90 Å². The van der Waals surface area contributed by atoms with Crippen LogP contribution in [0.25, 0.3) is 0 Å². The fourth-order valence-electron chi connectivity index (χ4n) is 1.48. The van der Waals surface area contributed by atoms with E-state index in [1.165, 1.54) is 0 Å². The summed E-state index contributed by atoms with van der Waals surface area (Å²) >= 11 is 0. The molecule has 2 rings (SSSR count). The number of rotatable bonds is 2. The molecule has 1 aliphatic heterocycles. The molecule has 14 heavy (non-hydrogen) atoms. The second-order valence-electron chi connectivity index (χ2n) is 3.14. The smallest absolute Gasteiger partial charge is 0.108 e. The van der Waals surface area contributed by atoms with Gasteiger partial charge in [0.15, 0.2) is 0 Å². The molecule has 4 heteroatoms. The van der Waals surface area contributed by atoms with Crippen LogP contribution in [-0.4, -0.2) is 25.8 Å². The van der Waals surface area contributed by atoms with Crippen molar-refractivity contribution < 1.29 is 0 Å². The summed E-state index contributed by atoms with van der Waals surface area (Å²) in [6, 6.07) is 7.29. The topological polar surface area (TPSA) is 45.0 Å². The first-order chi connectivity index (χ1) is 6.90. The highest BCUT2D eigenvalue weighted by atomic mass is 16.3. The average molecular weight is 189 g/mol. The summed E-state index contributed by atoms with van der Waals surface area (Å²) in [5.41, 5.74) is 1.59. The van der Waals surface area contributed by atoms with Gasteiger partial charge in [-0.05, 0) is 29.4 Å². The minimum Gasteiger partial charge on any atom is -0.364 e. The van der Waals surface area contributed by atoms with E-state index in [0.717, 1.165) is 25.3 Å². The molecule has 0 aliphatic carbocycles. The molecular formula is C10H11N3O. The Morgan fingerprint density at radius 2 is 2.07 bits per heavy atom. The summed E-state index contributed by atoms with van der Waals surface area (Å²) < 4.78 is 0. The van der Waals surface area contributed by atoms with Gasteiger partial charge in [-0.1, -0.05) is 0 Å². The lowest BCUT2D eigenvalue weighted by Crippen LogP contribution is -2.31. The van der Waals surface area contributed by atoms with Crippen molar-refractivity contribution in [1.29, 1.82) is 0 Å². The molecule has 1 heterocycles. The lowest BCUT2D eigenvalue weighted by Gasteiger charge is -2.24. The number of benzene rings is 1. The standard InChI is InChI=1S/C10H11N3O/c14-12-9-1-3-10(4-2-9)13-7-5-11-6-8-13/h1-5H,6-8H2. The van der Waals surface area contributed by atoms with Crippen LogP contribution >= 0.6 is 0 Å². The Morgan fingerprint density at radius 3 is 2.64 bits per heavy atom. The van der Waals surface area contributed by atoms with Crippen molar-refractivity contribution in [2.24, 2.45) is 10.2 Å². The summed E-state index contributed by atoms with van der Waals surface area (Å²) in [5, 5.41) is 2.86. The molecule has 0 saturated heterocycles. The summed E-state index contributed by atoms with van der Waals surface area (Å²) in [7, 11) is 0. The predicted molar refractivity (Wildman–Crippen MR) is 57.5 cm³/mol. The van der Waals surface area contributed by atoms with Gasteiger partial charge in [0, 0.05) is 18.4 Å². The van der Waals surface area contributed by atoms with Gasteiger partial charge in [0.1, 0.15) is 5.69 Å². The van der Waals surface area contributed by atoms with E-state index >= 15 is 0 Å². The Kier molecular flexibility index (Phi) is 2.53. The van der Waals surface area contributed by atoms with E-state index in [0.29, 0.717) is 5.69 Å². The fourth-order valence-corrected chi connectivity index (χ4v) is 1.48. The van der Waals surface area contributed by atoms with E-state index in [2.05, 4.69) is 15.1 Å². The number of nitroso groups, excluding NO2 is 1. The molecule has 1 aromatic rings. The third-order valence-corrected chi connectivity index (χ3v) is 2.25. The van der Waals surface area contributed by atoms with Crippen molar-refractivity contribution in [3.8, 4) is 0 Å². The van der Waals surface area contributed by atoms with Gasteiger partial charge >= 0.3 is 0 Å². The molecule has 0 spiro atoms. The molecular weight excluding hydrogens is 178 g/mol. The van der Waals surface area contributed by atoms with E-state index in [-0.39, 0.29) is 0 Å². The Morgan fingerprint density at radius 1 is 1.29 bits per heavy atom. The van der Waals surface area contributed by atoms with Crippen LogP contribution in [0.15, 0.2) is 34.4 Å². The average Bonchev–Trinajstić information content (AvgIpc) is 2.30. The molecule has 0 fully saturated rings. The van der Waals surface area contributed by atoms with Crippen LogP contribution in [0.2, 0.25) is 0 Å². The van der Waals surface area contributed by atoms with Crippen molar-refractivity contribution >= 4 is 17.6 Å². The second-order valence-corrected chi connectivity index (χ2v) is 3.14. The van der Waals surface area contributed by atoms with Crippen LogP contribution in [0.5, 0.6) is 0 Å². The SMILES string of the molecule is O=Nc1ccc(N2CC=NCC2)cc1. The van der Waals surface area contributed by atoms with E-state index in [4.69, 9.17) is 0 Å². The zero-order chi connectivity index (χ0) is 9.80. The molecule has 0 unspecified atom stereocenters. The maximum absolute atomic E-state index is 10.2. The summed E-state index contributed by atoms with van der Waals surface area (Å²) in [5.74, 6) is 0. The second kappa shape index (κ2) is 4.00. The van der Waals surface area contributed by atoms with Gasteiger partial charge in [-0.2, -0.15) is 0 Å². The highest BCUT2D eigenvalue weighted by Crippen LogP contribution is 2.19. The van der Waals surface area contributed by atoms with Crippen LogP contribution in [-0.2, 0) is 0 Å². The van der Waals surface area contributed by atoms with Crippen molar-refractivity contribution in [2.75, 3.05) is 24.5 Å². The van der Waals surface area contributed by atoms with E-state index in [9.17, 15) is 4.91 Å². The highest BCUT2D eigenvalue weighted by molar-refractivity contribution is 5.68. The zero-order valence-corrected chi connectivity index (χ0v) is 7.76. The van der Waals surface area contributed by atoms with Gasteiger partial charge in [0.2, 0.25) is 0 Å². The van der Waals surface area contributed by atoms with Crippen molar-refractivity contribution in [1.82, 2.24) is 0 Å². The number of anilines is 1. The fraction of sp³-hybridized carbons (Fsp3) is 0.300. The molecule has 0 aromatic heterocycles. The van der Waals surface area contributed by atoms with Crippen LogP contribution in [0.3, 0.4) is 0 Å². The first-order valence-corrected chi connectivity index (χ1v) is 4.57. The molecule has 1 aliphatic rings. The van der Waals surface area contributed by atoms with Gasteiger partial charge in [-0.25, -0.2) is 0 Å². The van der Waals surface area contributed by atoms with Crippen molar-refractivity contribution in [3.05, 3.63) is 29.2 Å². The van der Waals surface area contributed by atoms with Crippen LogP contribution in [0.1, 0.15) is 0 Å². The normalized spacial score (nSPS) is 15.6. The molecule has 72 valence electrons. The third-order valence-electron chi connectivity index (χ3n) is 2.25. The molecule has 0 atom stereocenters. The van der Waals surface area contributed by atoms with Crippen molar-refractivity contribution in [2.45, 2.75) is 0 Å². The van der Waals surface area contributed by atoms with Gasteiger partial charge in [-0.3, -0.25) is 4.99 Å². The molecule has 0 saturated carbocycles. The number of hydrogen-bond donors (Lipinski definition) is 0. The Hall–Kier alpha value is -1.71.